The summed E-state index contributed by atoms with van der Waals surface area (Å²) in [6, 6.07) is 0. The molecule has 0 N–H and O–H groups in total. The van der Waals surface area contributed by atoms with Gasteiger partial charge in [-0.15, -0.1) is 0 Å². The van der Waals surface area contributed by atoms with E-state index in [-0.39, 0.29) is 31.1 Å². The fourth-order valence-corrected chi connectivity index (χ4v) is 10.7. The first-order valence-corrected chi connectivity index (χ1v) is 34.8. The smallest absolute Gasteiger partial charge is 0.306 e. The second-order valence-corrected chi connectivity index (χ2v) is 23.8. The molecule has 0 rings (SSSR count). The summed E-state index contributed by atoms with van der Waals surface area (Å²) in [7, 11) is 0. The number of unbranched alkanes of at least 4 members (excludes halogenated alkanes) is 50. The zero-order valence-electron chi connectivity index (χ0n) is 52.3. The number of esters is 3. The van der Waals surface area contributed by atoms with E-state index in [1.807, 2.05) is 0 Å². The lowest BCUT2D eigenvalue weighted by Crippen LogP contribution is -2.30. The van der Waals surface area contributed by atoms with Crippen molar-refractivity contribution >= 4 is 17.9 Å². The third-order valence-corrected chi connectivity index (χ3v) is 15.9. The first-order valence-electron chi connectivity index (χ1n) is 34.8. The summed E-state index contributed by atoms with van der Waals surface area (Å²) in [6.07, 6.45) is 80.9. The van der Waals surface area contributed by atoms with Crippen LogP contribution in [0.1, 0.15) is 393 Å². The summed E-state index contributed by atoms with van der Waals surface area (Å²) in [6.45, 7) is 6.64. The van der Waals surface area contributed by atoms with Crippen LogP contribution in [0.15, 0.2) is 24.3 Å². The van der Waals surface area contributed by atoms with E-state index in [9.17, 15) is 14.4 Å². The van der Waals surface area contributed by atoms with E-state index in [1.54, 1.807) is 0 Å². The summed E-state index contributed by atoms with van der Waals surface area (Å²) in [5.74, 6) is -0.861. The van der Waals surface area contributed by atoms with Crippen molar-refractivity contribution in [3.8, 4) is 0 Å². The van der Waals surface area contributed by atoms with Gasteiger partial charge in [-0.2, -0.15) is 0 Å². The van der Waals surface area contributed by atoms with Gasteiger partial charge >= 0.3 is 17.9 Å². The minimum absolute atomic E-state index is 0.0710. The molecule has 0 aliphatic carbocycles. The van der Waals surface area contributed by atoms with E-state index in [0.29, 0.717) is 19.3 Å². The molecular weight excluding hydrogens is 949 g/mol. The van der Waals surface area contributed by atoms with Gasteiger partial charge in [0.2, 0.25) is 0 Å². The maximum absolute atomic E-state index is 12.9. The van der Waals surface area contributed by atoms with Crippen LogP contribution in [0.2, 0.25) is 0 Å². The van der Waals surface area contributed by atoms with Crippen molar-refractivity contribution in [3.05, 3.63) is 24.3 Å². The summed E-state index contributed by atoms with van der Waals surface area (Å²) in [5.41, 5.74) is 0. The Morgan fingerprint density at radius 3 is 0.701 bits per heavy atom. The van der Waals surface area contributed by atoms with Crippen LogP contribution in [0.3, 0.4) is 0 Å². The fraction of sp³-hybridized carbons (Fsp3) is 0.901. The lowest BCUT2D eigenvalue weighted by atomic mass is 10.0. The van der Waals surface area contributed by atoms with Gasteiger partial charge in [0.15, 0.2) is 6.10 Å². The topological polar surface area (TPSA) is 78.9 Å². The van der Waals surface area contributed by atoms with E-state index >= 15 is 0 Å². The average molecular weight is 1080 g/mol. The molecule has 454 valence electrons. The number of hydrogen-bond donors (Lipinski definition) is 0. The molecule has 77 heavy (non-hydrogen) atoms. The highest BCUT2D eigenvalue weighted by molar-refractivity contribution is 5.71. The number of hydrogen-bond acceptors (Lipinski definition) is 6. The zero-order valence-corrected chi connectivity index (χ0v) is 52.3. The van der Waals surface area contributed by atoms with Crippen molar-refractivity contribution in [2.24, 2.45) is 0 Å². The molecule has 0 bridgehead atoms. The highest BCUT2D eigenvalue weighted by atomic mass is 16.6. The van der Waals surface area contributed by atoms with Crippen molar-refractivity contribution in [1.82, 2.24) is 0 Å². The molecule has 0 saturated heterocycles. The number of rotatable bonds is 65. The Hall–Kier alpha value is -2.11. The Labute approximate surface area is 481 Å². The Balaban J connectivity index is 4.06. The summed E-state index contributed by atoms with van der Waals surface area (Å²) < 4.78 is 16.9. The van der Waals surface area contributed by atoms with Gasteiger partial charge in [0.05, 0.1) is 0 Å². The minimum atomic E-state index is -0.774. The van der Waals surface area contributed by atoms with Gasteiger partial charge in [-0.1, -0.05) is 334 Å². The monoisotopic (exact) mass is 1080 g/mol. The maximum Gasteiger partial charge on any atom is 0.306 e. The summed E-state index contributed by atoms with van der Waals surface area (Å²) in [5, 5.41) is 0. The molecule has 0 saturated carbocycles. The molecule has 0 heterocycles. The Morgan fingerprint density at radius 2 is 0.455 bits per heavy atom. The van der Waals surface area contributed by atoms with Crippen LogP contribution in [0.4, 0.5) is 0 Å². The lowest BCUT2D eigenvalue weighted by molar-refractivity contribution is -0.167. The molecule has 0 aromatic carbocycles. The van der Waals surface area contributed by atoms with Gasteiger partial charge in [-0.3, -0.25) is 14.4 Å². The molecule has 6 heteroatoms. The molecule has 0 aromatic heterocycles. The largest absolute Gasteiger partial charge is 0.462 e. The standard InChI is InChI=1S/C71H134O6/c1-4-7-10-13-16-19-22-24-26-28-30-31-32-33-34-35-36-37-38-39-40-41-42-44-45-47-49-52-55-58-61-64-70(73)76-67-68(66-75-69(72)63-60-57-54-51-21-18-15-12-9-6-3)77-71(74)65-62-59-56-53-50-48-46-43-29-27-25-23-20-17-14-11-8-5-2/h12,15,27,29,68H,4-11,13-14,16-26,28,30-67H2,1-3H3/b15-12-,29-27-. The van der Waals surface area contributed by atoms with Gasteiger partial charge < -0.3 is 14.2 Å². The quantitative estimate of drug-likeness (QED) is 0.0261. The van der Waals surface area contributed by atoms with E-state index in [1.165, 1.54) is 283 Å². The third-order valence-electron chi connectivity index (χ3n) is 15.9. The minimum Gasteiger partial charge on any atom is -0.462 e. The molecular formula is C71H134O6. The second kappa shape index (κ2) is 66.4. The number of carbonyl (C=O) groups is 3. The van der Waals surface area contributed by atoms with Crippen LogP contribution in [0.25, 0.3) is 0 Å². The normalized spacial score (nSPS) is 12.1. The van der Waals surface area contributed by atoms with E-state index in [4.69, 9.17) is 14.2 Å². The highest BCUT2D eigenvalue weighted by Crippen LogP contribution is 2.19. The predicted molar refractivity (Wildman–Crippen MR) is 335 cm³/mol. The first kappa shape index (κ1) is 74.9. The Kier molecular flexibility index (Phi) is 64.6. The van der Waals surface area contributed by atoms with Crippen LogP contribution in [0, 0.1) is 0 Å². The molecule has 1 atom stereocenters. The first-order chi connectivity index (χ1) is 38.0. The Morgan fingerprint density at radius 1 is 0.247 bits per heavy atom. The average Bonchev–Trinajstić information content (AvgIpc) is 3.43. The molecule has 0 fully saturated rings. The second-order valence-electron chi connectivity index (χ2n) is 23.8. The molecule has 0 aliphatic heterocycles. The van der Waals surface area contributed by atoms with Crippen LogP contribution in [-0.2, 0) is 28.6 Å². The highest BCUT2D eigenvalue weighted by Gasteiger charge is 2.19. The van der Waals surface area contributed by atoms with Gasteiger partial charge in [-0.25, -0.2) is 0 Å². The van der Waals surface area contributed by atoms with Gasteiger partial charge in [0, 0.05) is 19.3 Å². The zero-order chi connectivity index (χ0) is 55.7. The van der Waals surface area contributed by atoms with E-state index in [0.717, 1.165) is 70.6 Å². The molecule has 6 nitrogen and oxygen atoms in total. The van der Waals surface area contributed by atoms with Crippen molar-refractivity contribution in [2.45, 2.75) is 399 Å². The number of carbonyl (C=O) groups excluding carboxylic acids is 3. The molecule has 0 radical (unpaired) electrons. The SMILES string of the molecule is CCC/C=C\CCCCCCCC(=O)OCC(COC(=O)CCCCCCCCCCCCCCCCCCCCCCCCCCCCCCCCC)OC(=O)CCCCCCCCC/C=C\CCCCCCCCC. The van der Waals surface area contributed by atoms with Crippen molar-refractivity contribution in [2.75, 3.05) is 13.2 Å². The van der Waals surface area contributed by atoms with Gasteiger partial charge in [-0.05, 0) is 64.2 Å². The number of allylic oxidation sites excluding steroid dienone is 4. The van der Waals surface area contributed by atoms with E-state index < -0.39 is 6.10 Å². The van der Waals surface area contributed by atoms with Gasteiger partial charge in [0.1, 0.15) is 13.2 Å². The fourth-order valence-electron chi connectivity index (χ4n) is 10.7. The molecule has 0 amide bonds. The molecule has 0 spiro atoms. The van der Waals surface area contributed by atoms with Crippen LogP contribution in [0.5, 0.6) is 0 Å². The maximum atomic E-state index is 12.9. The van der Waals surface area contributed by atoms with E-state index in [2.05, 4.69) is 45.1 Å². The van der Waals surface area contributed by atoms with Crippen molar-refractivity contribution < 1.29 is 28.6 Å². The van der Waals surface area contributed by atoms with Crippen molar-refractivity contribution in [1.29, 1.82) is 0 Å². The molecule has 1 unspecified atom stereocenters. The third kappa shape index (κ3) is 64.6. The number of ether oxygens (including phenoxy) is 3. The predicted octanol–water partition coefficient (Wildman–Crippen LogP) is 23.8. The molecule has 0 aromatic rings. The Bertz CT molecular complexity index is 1240. The molecule has 0 aliphatic rings. The van der Waals surface area contributed by atoms with Gasteiger partial charge in [0.25, 0.3) is 0 Å². The van der Waals surface area contributed by atoms with Crippen molar-refractivity contribution in [3.63, 3.8) is 0 Å². The summed E-state index contributed by atoms with van der Waals surface area (Å²) in [4.78, 5) is 38.2. The van der Waals surface area contributed by atoms with Crippen LogP contribution in [-0.4, -0.2) is 37.2 Å². The summed E-state index contributed by atoms with van der Waals surface area (Å²) >= 11 is 0. The lowest BCUT2D eigenvalue weighted by Gasteiger charge is -2.18. The van der Waals surface area contributed by atoms with Crippen LogP contribution < -0.4 is 0 Å². The van der Waals surface area contributed by atoms with Crippen LogP contribution >= 0.6 is 0 Å².